The standard InChI is InChI=1S/C21H34O3/c1-19-9-4-3-5-14(19)6-7-15-16-8-10-21(24,11-12-22)20(16,2)13-17(23)18(15)19/h4,9,14-18,22-24H,3,5-8,10-13H2,1-2H3/t14?,15?,16?,17?,18?,19?,20?,21-/m0/s1. The Bertz CT molecular complexity index is 531. The molecule has 0 heterocycles. The molecule has 0 spiro atoms. The molecule has 0 saturated heterocycles. The van der Waals surface area contributed by atoms with Crippen molar-refractivity contribution >= 4 is 0 Å². The van der Waals surface area contributed by atoms with Gasteiger partial charge in [0.15, 0.2) is 0 Å². The van der Waals surface area contributed by atoms with Gasteiger partial charge in [-0.2, -0.15) is 0 Å². The molecule has 0 aromatic heterocycles. The fraction of sp³-hybridized carbons (Fsp3) is 0.905. The summed E-state index contributed by atoms with van der Waals surface area (Å²) in [5.41, 5.74) is -0.935. The van der Waals surface area contributed by atoms with Gasteiger partial charge in [0.25, 0.3) is 0 Å². The Labute approximate surface area is 146 Å². The van der Waals surface area contributed by atoms with E-state index in [9.17, 15) is 15.3 Å². The summed E-state index contributed by atoms with van der Waals surface area (Å²) in [4.78, 5) is 0. The van der Waals surface area contributed by atoms with Gasteiger partial charge in [0.2, 0.25) is 0 Å². The second-order valence-corrected chi connectivity index (χ2v) is 9.65. The second-order valence-electron chi connectivity index (χ2n) is 9.65. The van der Waals surface area contributed by atoms with Crippen LogP contribution in [-0.2, 0) is 0 Å². The van der Waals surface area contributed by atoms with E-state index in [1.165, 1.54) is 25.7 Å². The molecule has 0 aromatic carbocycles. The summed E-state index contributed by atoms with van der Waals surface area (Å²) in [7, 11) is 0. The first-order valence-electron chi connectivity index (χ1n) is 10.0. The van der Waals surface area contributed by atoms with Crippen LogP contribution in [0, 0.1) is 34.5 Å². The highest BCUT2D eigenvalue weighted by atomic mass is 16.3. The summed E-state index contributed by atoms with van der Waals surface area (Å²) < 4.78 is 0. The van der Waals surface area contributed by atoms with Crippen LogP contribution >= 0.6 is 0 Å². The van der Waals surface area contributed by atoms with Crippen LogP contribution in [0.3, 0.4) is 0 Å². The molecule has 7 unspecified atom stereocenters. The molecular weight excluding hydrogens is 300 g/mol. The van der Waals surface area contributed by atoms with Gasteiger partial charge >= 0.3 is 0 Å². The monoisotopic (exact) mass is 334 g/mol. The van der Waals surface area contributed by atoms with Crippen LogP contribution in [0.15, 0.2) is 12.2 Å². The fourth-order valence-electron chi connectivity index (χ4n) is 7.63. The molecule has 0 aliphatic heterocycles. The van der Waals surface area contributed by atoms with Crippen LogP contribution in [0.5, 0.6) is 0 Å². The maximum Gasteiger partial charge on any atom is 0.0726 e. The van der Waals surface area contributed by atoms with Crippen molar-refractivity contribution in [3.63, 3.8) is 0 Å². The summed E-state index contributed by atoms with van der Waals surface area (Å²) in [6.45, 7) is 4.60. The number of hydrogen-bond donors (Lipinski definition) is 3. The largest absolute Gasteiger partial charge is 0.396 e. The zero-order valence-electron chi connectivity index (χ0n) is 15.2. The van der Waals surface area contributed by atoms with Gasteiger partial charge in [-0.1, -0.05) is 26.0 Å². The average molecular weight is 335 g/mol. The van der Waals surface area contributed by atoms with Gasteiger partial charge in [-0.05, 0) is 80.5 Å². The minimum Gasteiger partial charge on any atom is -0.396 e. The lowest BCUT2D eigenvalue weighted by Crippen LogP contribution is -2.60. The van der Waals surface area contributed by atoms with Gasteiger partial charge in [0.05, 0.1) is 11.7 Å². The minimum atomic E-state index is -0.807. The van der Waals surface area contributed by atoms with E-state index in [0.29, 0.717) is 36.5 Å². The molecule has 4 aliphatic rings. The lowest BCUT2D eigenvalue weighted by atomic mass is 9.44. The highest BCUT2D eigenvalue weighted by Gasteiger charge is 2.66. The number of aliphatic hydroxyl groups excluding tert-OH is 2. The molecule has 0 aromatic rings. The van der Waals surface area contributed by atoms with Crippen molar-refractivity contribution in [2.45, 2.75) is 76.9 Å². The SMILES string of the molecule is CC12C=CCCC1CCC1C2C(O)CC2(C)C1CC[C@]2(O)CCO. The summed E-state index contributed by atoms with van der Waals surface area (Å²) >= 11 is 0. The Balaban J connectivity index is 1.71. The number of hydrogen-bond acceptors (Lipinski definition) is 3. The third kappa shape index (κ3) is 2.07. The van der Waals surface area contributed by atoms with E-state index in [1.54, 1.807) is 0 Å². The minimum absolute atomic E-state index is 0.0333. The Morgan fingerprint density at radius 3 is 2.67 bits per heavy atom. The van der Waals surface area contributed by atoms with Crippen LogP contribution in [0.4, 0.5) is 0 Å². The number of allylic oxidation sites excluding steroid dienone is 2. The summed E-state index contributed by atoms with van der Waals surface area (Å²) in [6, 6.07) is 0. The van der Waals surface area contributed by atoms with Crippen LogP contribution in [0.1, 0.15) is 65.2 Å². The Hall–Kier alpha value is -0.380. The lowest BCUT2D eigenvalue weighted by Gasteiger charge is -2.61. The van der Waals surface area contributed by atoms with Gasteiger partial charge in [-0.25, -0.2) is 0 Å². The topological polar surface area (TPSA) is 60.7 Å². The van der Waals surface area contributed by atoms with Crippen molar-refractivity contribution in [3.05, 3.63) is 12.2 Å². The van der Waals surface area contributed by atoms with Crippen LogP contribution < -0.4 is 0 Å². The summed E-state index contributed by atoms with van der Waals surface area (Å²) in [6.07, 6.45) is 12.3. The Morgan fingerprint density at radius 1 is 1.12 bits per heavy atom. The molecule has 3 fully saturated rings. The van der Waals surface area contributed by atoms with Crippen molar-refractivity contribution in [3.8, 4) is 0 Å². The van der Waals surface area contributed by atoms with Crippen molar-refractivity contribution in [1.29, 1.82) is 0 Å². The molecular formula is C21H34O3. The second kappa shape index (κ2) is 5.56. The third-order valence-electron chi connectivity index (χ3n) is 8.91. The lowest BCUT2D eigenvalue weighted by molar-refractivity contribution is -0.185. The predicted molar refractivity (Wildman–Crippen MR) is 94.3 cm³/mol. The molecule has 8 atom stereocenters. The number of aliphatic hydroxyl groups is 3. The molecule has 3 nitrogen and oxygen atoms in total. The van der Waals surface area contributed by atoms with Gasteiger partial charge in [0.1, 0.15) is 0 Å². The van der Waals surface area contributed by atoms with Gasteiger partial charge in [-0.15, -0.1) is 0 Å². The molecule has 136 valence electrons. The van der Waals surface area contributed by atoms with E-state index < -0.39 is 5.60 Å². The van der Waals surface area contributed by atoms with E-state index in [2.05, 4.69) is 26.0 Å². The Morgan fingerprint density at radius 2 is 1.92 bits per heavy atom. The molecule has 24 heavy (non-hydrogen) atoms. The first kappa shape index (κ1) is 17.1. The zero-order chi connectivity index (χ0) is 17.2. The highest BCUT2D eigenvalue weighted by Crippen LogP contribution is 2.67. The Kier molecular flexibility index (Phi) is 3.95. The summed E-state index contributed by atoms with van der Waals surface area (Å²) in [5.74, 6) is 2.04. The van der Waals surface area contributed by atoms with E-state index >= 15 is 0 Å². The van der Waals surface area contributed by atoms with Crippen LogP contribution in [0.2, 0.25) is 0 Å². The van der Waals surface area contributed by atoms with E-state index in [0.717, 1.165) is 12.8 Å². The molecule has 0 amide bonds. The van der Waals surface area contributed by atoms with Crippen LogP contribution in [0.25, 0.3) is 0 Å². The normalized spacial score (nSPS) is 56.5. The predicted octanol–water partition coefficient (Wildman–Crippen LogP) is 3.28. The molecule has 4 aliphatic carbocycles. The quantitative estimate of drug-likeness (QED) is 0.679. The maximum absolute atomic E-state index is 11.3. The molecule has 3 heteroatoms. The molecule has 0 bridgehead atoms. The van der Waals surface area contributed by atoms with Crippen molar-refractivity contribution < 1.29 is 15.3 Å². The van der Waals surface area contributed by atoms with Crippen LogP contribution in [-0.4, -0.2) is 33.6 Å². The van der Waals surface area contributed by atoms with Gasteiger partial charge in [0, 0.05) is 12.0 Å². The molecule has 0 radical (unpaired) electrons. The van der Waals surface area contributed by atoms with E-state index in [4.69, 9.17) is 0 Å². The van der Waals surface area contributed by atoms with Crippen molar-refractivity contribution in [2.24, 2.45) is 34.5 Å². The fourth-order valence-corrected chi connectivity index (χ4v) is 7.63. The first-order chi connectivity index (χ1) is 11.4. The third-order valence-corrected chi connectivity index (χ3v) is 8.91. The first-order valence-corrected chi connectivity index (χ1v) is 10.0. The molecule has 4 rings (SSSR count). The van der Waals surface area contributed by atoms with Crippen molar-refractivity contribution in [2.75, 3.05) is 6.61 Å². The molecule has 3 saturated carbocycles. The molecule has 3 N–H and O–H groups in total. The maximum atomic E-state index is 11.3. The smallest absolute Gasteiger partial charge is 0.0726 e. The van der Waals surface area contributed by atoms with E-state index in [1.807, 2.05) is 0 Å². The van der Waals surface area contributed by atoms with Gasteiger partial charge in [-0.3, -0.25) is 0 Å². The zero-order valence-corrected chi connectivity index (χ0v) is 15.2. The van der Waals surface area contributed by atoms with E-state index in [-0.39, 0.29) is 23.5 Å². The van der Waals surface area contributed by atoms with Gasteiger partial charge < -0.3 is 15.3 Å². The summed E-state index contributed by atoms with van der Waals surface area (Å²) in [5, 5.41) is 31.9. The number of fused-ring (bicyclic) bond motifs is 5. The van der Waals surface area contributed by atoms with Crippen molar-refractivity contribution in [1.82, 2.24) is 0 Å². The number of rotatable bonds is 2. The highest BCUT2D eigenvalue weighted by molar-refractivity contribution is 5.19. The average Bonchev–Trinajstić information content (AvgIpc) is 2.78.